The lowest BCUT2D eigenvalue weighted by molar-refractivity contribution is 0.102. The van der Waals surface area contributed by atoms with Gasteiger partial charge >= 0.3 is 0 Å². The first-order valence-electron chi connectivity index (χ1n) is 8.50. The van der Waals surface area contributed by atoms with Crippen molar-refractivity contribution in [1.29, 1.82) is 0 Å². The van der Waals surface area contributed by atoms with Crippen molar-refractivity contribution in [1.82, 2.24) is 9.97 Å². The van der Waals surface area contributed by atoms with Crippen LogP contribution in [0.25, 0.3) is 0 Å². The number of carbonyl (C=O) groups is 1. The fourth-order valence-corrected chi connectivity index (χ4v) is 2.43. The van der Waals surface area contributed by atoms with Crippen LogP contribution in [0.4, 0.5) is 30.5 Å². The highest BCUT2D eigenvalue weighted by atomic mass is 19.2. The molecule has 144 valence electrons. The van der Waals surface area contributed by atoms with Gasteiger partial charge in [0.2, 0.25) is 5.95 Å². The Morgan fingerprint density at radius 1 is 0.964 bits per heavy atom. The third kappa shape index (κ3) is 4.28. The highest BCUT2D eigenvalue weighted by Gasteiger charge is 2.15. The number of hydrogen-bond acceptors (Lipinski definition) is 4. The third-order valence-electron chi connectivity index (χ3n) is 4.01. The minimum absolute atomic E-state index is 0.0217. The Kier molecular flexibility index (Phi) is 5.58. The lowest BCUT2D eigenvalue weighted by Gasteiger charge is -2.10. The predicted molar refractivity (Wildman–Crippen MR) is 100 cm³/mol. The molecule has 2 N–H and O–H groups in total. The molecule has 5 nitrogen and oxygen atoms in total. The number of halogens is 3. The predicted octanol–water partition coefficient (Wildman–Crippen LogP) is 5.01. The van der Waals surface area contributed by atoms with E-state index in [1.165, 1.54) is 12.3 Å². The van der Waals surface area contributed by atoms with Crippen LogP contribution >= 0.6 is 0 Å². The van der Waals surface area contributed by atoms with Gasteiger partial charge < -0.3 is 10.6 Å². The fraction of sp³-hybridized carbons (Fsp3) is 0.150. The van der Waals surface area contributed by atoms with Gasteiger partial charge in [-0.05, 0) is 41.8 Å². The van der Waals surface area contributed by atoms with Crippen LogP contribution in [-0.4, -0.2) is 15.9 Å². The van der Waals surface area contributed by atoms with E-state index < -0.39 is 23.4 Å². The third-order valence-corrected chi connectivity index (χ3v) is 4.01. The summed E-state index contributed by atoms with van der Waals surface area (Å²) in [6, 6.07) is 10.6. The summed E-state index contributed by atoms with van der Waals surface area (Å²) < 4.78 is 40.1. The van der Waals surface area contributed by atoms with Crippen LogP contribution in [0, 0.1) is 17.5 Å². The zero-order chi connectivity index (χ0) is 20.3. The van der Waals surface area contributed by atoms with Crippen LogP contribution < -0.4 is 10.6 Å². The number of nitrogens with zero attached hydrogens (tertiary/aromatic N) is 2. The van der Waals surface area contributed by atoms with Gasteiger partial charge in [0.05, 0.1) is 5.69 Å². The summed E-state index contributed by atoms with van der Waals surface area (Å²) >= 11 is 0. The average Bonchev–Trinajstić information content (AvgIpc) is 2.69. The molecule has 3 aromatic rings. The molecule has 1 heterocycles. The van der Waals surface area contributed by atoms with Crippen molar-refractivity contribution in [2.45, 2.75) is 19.8 Å². The quantitative estimate of drug-likeness (QED) is 0.605. The van der Waals surface area contributed by atoms with Crippen molar-refractivity contribution >= 4 is 23.2 Å². The first-order chi connectivity index (χ1) is 13.3. The molecule has 28 heavy (non-hydrogen) atoms. The van der Waals surface area contributed by atoms with Crippen molar-refractivity contribution < 1.29 is 18.0 Å². The number of rotatable bonds is 5. The molecule has 8 heteroatoms. The number of hydrogen-bond donors (Lipinski definition) is 2. The van der Waals surface area contributed by atoms with Crippen molar-refractivity contribution in [3.05, 3.63) is 77.4 Å². The van der Waals surface area contributed by atoms with Gasteiger partial charge in [-0.1, -0.05) is 26.0 Å². The largest absolute Gasteiger partial charge is 0.322 e. The second kappa shape index (κ2) is 8.08. The highest BCUT2D eigenvalue weighted by molar-refractivity contribution is 6.03. The van der Waals surface area contributed by atoms with E-state index in [1.54, 1.807) is 12.1 Å². The maximum Gasteiger partial charge on any atom is 0.274 e. The molecule has 0 fully saturated rings. The van der Waals surface area contributed by atoms with Gasteiger partial charge in [-0.25, -0.2) is 23.1 Å². The molecule has 0 bridgehead atoms. The molecule has 0 saturated carbocycles. The van der Waals surface area contributed by atoms with Crippen molar-refractivity contribution in [2.24, 2.45) is 0 Å². The van der Waals surface area contributed by atoms with Gasteiger partial charge in [-0.15, -0.1) is 0 Å². The number of benzene rings is 2. The smallest absolute Gasteiger partial charge is 0.274 e. The molecule has 0 atom stereocenters. The molecule has 0 unspecified atom stereocenters. The Morgan fingerprint density at radius 3 is 2.36 bits per heavy atom. The van der Waals surface area contributed by atoms with Crippen molar-refractivity contribution in [3.63, 3.8) is 0 Å². The first-order valence-corrected chi connectivity index (χ1v) is 8.50. The highest BCUT2D eigenvalue weighted by Crippen LogP contribution is 2.22. The van der Waals surface area contributed by atoms with Crippen LogP contribution in [0.1, 0.15) is 35.8 Å². The van der Waals surface area contributed by atoms with Crippen LogP contribution in [0.2, 0.25) is 0 Å². The molecule has 0 saturated heterocycles. The Morgan fingerprint density at radius 2 is 1.68 bits per heavy atom. The van der Waals surface area contributed by atoms with E-state index in [2.05, 4.69) is 34.4 Å². The lowest BCUT2D eigenvalue weighted by atomic mass is 10.0. The lowest BCUT2D eigenvalue weighted by Crippen LogP contribution is -2.15. The maximum absolute atomic E-state index is 13.8. The van der Waals surface area contributed by atoms with Crippen molar-refractivity contribution in [3.8, 4) is 0 Å². The molecule has 1 aromatic heterocycles. The van der Waals surface area contributed by atoms with Crippen molar-refractivity contribution in [2.75, 3.05) is 10.6 Å². The molecule has 0 radical (unpaired) electrons. The second-order valence-corrected chi connectivity index (χ2v) is 6.34. The minimum Gasteiger partial charge on any atom is -0.322 e. The summed E-state index contributed by atoms with van der Waals surface area (Å²) in [5.74, 6) is -4.56. The van der Waals surface area contributed by atoms with Gasteiger partial charge in [0, 0.05) is 11.9 Å². The minimum atomic E-state index is -1.61. The maximum atomic E-state index is 13.8. The Labute approximate surface area is 159 Å². The number of aromatic nitrogens is 2. The number of amides is 1. The van der Waals surface area contributed by atoms with Crippen LogP contribution in [0.3, 0.4) is 0 Å². The normalized spacial score (nSPS) is 10.8. The van der Waals surface area contributed by atoms with E-state index in [1.807, 2.05) is 12.1 Å². The summed E-state index contributed by atoms with van der Waals surface area (Å²) in [5.41, 5.74) is 1.41. The SMILES string of the molecule is CC(C)c1ccc(NC(=O)c2ccnc(Nc3ccc(F)c(F)c3F)n2)cc1. The van der Waals surface area contributed by atoms with E-state index in [0.717, 1.165) is 17.7 Å². The van der Waals surface area contributed by atoms with E-state index in [4.69, 9.17) is 0 Å². The molecule has 2 aromatic carbocycles. The summed E-state index contributed by atoms with van der Waals surface area (Å²) in [6.45, 7) is 4.14. The fourth-order valence-electron chi connectivity index (χ4n) is 2.43. The molecule has 0 aliphatic rings. The van der Waals surface area contributed by atoms with Crippen LogP contribution in [0.15, 0.2) is 48.7 Å². The molecule has 0 spiro atoms. The monoisotopic (exact) mass is 386 g/mol. The van der Waals surface area contributed by atoms with E-state index in [0.29, 0.717) is 11.6 Å². The molecular formula is C20H17F3N4O. The molecule has 1 amide bonds. The number of carbonyl (C=O) groups excluding carboxylic acids is 1. The van der Waals surface area contributed by atoms with Gasteiger partial charge in [0.25, 0.3) is 5.91 Å². The first kappa shape index (κ1) is 19.3. The Balaban J connectivity index is 1.75. The number of nitrogens with one attached hydrogen (secondary N) is 2. The van der Waals surface area contributed by atoms with Gasteiger partial charge in [0.1, 0.15) is 5.69 Å². The summed E-state index contributed by atoms with van der Waals surface area (Å²) in [5, 5.41) is 5.14. The zero-order valence-corrected chi connectivity index (χ0v) is 15.1. The van der Waals surface area contributed by atoms with Crippen LogP contribution in [0.5, 0.6) is 0 Å². The topological polar surface area (TPSA) is 66.9 Å². The summed E-state index contributed by atoms with van der Waals surface area (Å²) in [7, 11) is 0. The van der Waals surface area contributed by atoms with E-state index in [-0.39, 0.29) is 17.3 Å². The Bertz CT molecular complexity index is 1010. The van der Waals surface area contributed by atoms with Gasteiger partial charge in [-0.3, -0.25) is 4.79 Å². The van der Waals surface area contributed by atoms with E-state index in [9.17, 15) is 18.0 Å². The number of anilines is 3. The van der Waals surface area contributed by atoms with E-state index >= 15 is 0 Å². The average molecular weight is 386 g/mol. The second-order valence-electron chi connectivity index (χ2n) is 6.34. The molecule has 0 aliphatic heterocycles. The molecule has 0 aliphatic carbocycles. The molecular weight excluding hydrogens is 369 g/mol. The standard InChI is InChI=1S/C20H17F3N4O/c1-11(2)12-3-5-13(6-4-12)25-19(28)16-9-10-24-20(27-16)26-15-8-7-14(21)17(22)18(15)23/h3-11H,1-2H3,(H,25,28)(H,24,26,27). The summed E-state index contributed by atoms with van der Waals surface area (Å²) in [4.78, 5) is 20.2. The van der Waals surface area contributed by atoms with Gasteiger partial charge in [0.15, 0.2) is 17.5 Å². The van der Waals surface area contributed by atoms with Crippen LogP contribution in [-0.2, 0) is 0 Å². The summed E-state index contributed by atoms with van der Waals surface area (Å²) in [6.07, 6.45) is 1.30. The Hall–Kier alpha value is -3.42. The molecule has 3 rings (SSSR count). The zero-order valence-electron chi connectivity index (χ0n) is 15.1. The van der Waals surface area contributed by atoms with Gasteiger partial charge in [-0.2, -0.15) is 0 Å².